The zero-order valence-electron chi connectivity index (χ0n) is 20.2. The third-order valence-electron chi connectivity index (χ3n) is 5.61. The average molecular weight is 506 g/mol. The van der Waals surface area contributed by atoms with Crippen molar-refractivity contribution in [3.05, 3.63) is 52.1 Å². The molecule has 1 amide bonds. The predicted octanol–water partition coefficient (Wildman–Crippen LogP) is 3.83. The van der Waals surface area contributed by atoms with Crippen LogP contribution in [0.15, 0.2) is 35.9 Å². The fraction of sp³-hybridized carbons (Fsp3) is 0.360. The summed E-state index contributed by atoms with van der Waals surface area (Å²) >= 11 is 6.20. The Balaban J connectivity index is 2.26. The number of aliphatic hydroxyl groups is 1. The van der Waals surface area contributed by atoms with E-state index in [0.717, 1.165) is 0 Å². The van der Waals surface area contributed by atoms with Gasteiger partial charge in [0.15, 0.2) is 11.5 Å². The van der Waals surface area contributed by atoms with Crippen LogP contribution in [0.25, 0.3) is 5.76 Å². The van der Waals surface area contributed by atoms with Crippen LogP contribution in [0.4, 0.5) is 0 Å². The van der Waals surface area contributed by atoms with Crippen molar-refractivity contribution in [2.75, 3.05) is 48.2 Å². The summed E-state index contributed by atoms with van der Waals surface area (Å²) in [6, 6.07) is 7.09. The highest BCUT2D eigenvalue weighted by molar-refractivity contribution is 6.46. The van der Waals surface area contributed by atoms with Gasteiger partial charge >= 0.3 is 0 Å². The van der Waals surface area contributed by atoms with Crippen LogP contribution in [-0.4, -0.2) is 69.9 Å². The lowest BCUT2D eigenvalue weighted by molar-refractivity contribution is -0.140. The molecule has 0 aliphatic carbocycles. The number of nitrogens with zero attached hydrogens (tertiary/aromatic N) is 1. The number of hydrogen-bond donors (Lipinski definition) is 1. The van der Waals surface area contributed by atoms with Gasteiger partial charge in [0.25, 0.3) is 11.7 Å². The molecule has 9 nitrogen and oxygen atoms in total. The van der Waals surface area contributed by atoms with E-state index < -0.39 is 23.5 Å². The zero-order chi connectivity index (χ0) is 25.7. The van der Waals surface area contributed by atoms with Crippen molar-refractivity contribution in [2.45, 2.75) is 13.0 Å². The first-order valence-corrected chi connectivity index (χ1v) is 11.2. The molecule has 1 atom stereocenters. The molecule has 0 radical (unpaired) electrons. The Kier molecular flexibility index (Phi) is 8.48. The molecule has 0 saturated carbocycles. The summed E-state index contributed by atoms with van der Waals surface area (Å²) in [6.07, 6.45) is 0. The van der Waals surface area contributed by atoms with Gasteiger partial charge in [0.05, 0.1) is 56.7 Å². The van der Waals surface area contributed by atoms with Crippen LogP contribution < -0.4 is 18.9 Å². The number of hydrogen-bond acceptors (Lipinski definition) is 8. The highest BCUT2D eigenvalue weighted by Crippen LogP contribution is 2.44. The molecular weight excluding hydrogens is 478 g/mol. The van der Waals surface area contributed by atoms with Gasteiger partial charge in [-0.2, -0.15) is 0 Å². The minimum atomic E-state index is -0.916. The zero-order valence-corrected chi connectivity index (χ0v) is 21.0. The molecule has 35 heavy (non-hydrogen) atoms. The molecule has 1 aliphatic heterocycles. The predicted molar refractivity (Wildman–Crippen MR) is 130 cm³/mol. The smallest absolute Gasteiger partial charge is 0.295 e. The van der Waals surface area contributed by atoms with Crippen LogP contribution in [0.2, 0.25) is 5.02 Å². The number of carbonyl (C=O) groups is 2. The second-order valence-electron chi connectivity index (χ2n) is 7.52. The fourth-order valence-electron chi connectivity index (χ4n) is 3.97. The van der Waals surface area contributed by atoms with Crippen LogP contribution >= 0.6 is 11.6 Å². The normalized spacial score (nSPS) is 17.0. The number of methoxy groups -OCH3 is 4. The van der Waals surface area contributed by atoms with Crippen molar-refractivity contribution in [1.29, 1.82) is 0 Å². The van der Waals surface area contributed by atoms with Crippen LogP contribution in [0, 0.1) is 0 Å². The number of halogens is 1. The quantitative estimate of drug-likeness (QED) is 0.295. The van der Waals surface area contributed by atoms with Crippen molar-refractivity contribution in [2.24, 2.45) is 0 Å². The molecule has 2 aromatic carbocycles. The second kappa shape index (κ2) is 11.3. The van der Waals surface area contributed by atoms with E-state index in [4.69, 9.17) is 35.3 Å². The van der Waals surface area contributed by atoms with Gasteiger partial charge < -0.3 is 33.7 Å². The van der Waals surface area contributed by atoms with Crippen molar-refractivity contribution in [3.8, 4) is 23.0 Å². The molecule has 188 valence electrons. The Labute approximate surface area is 208 Å². The topological polar surface area (TPSA) is 104 Å². The SMILES string of the molecule is CCOc1ccc(C2/C(=C(\O)c3cc(OC)c(Cl)cc3OC)C(=O)C(=O)N2CCOC)cc1OC. The first kappa shape index (κ1) is 26.2. The third kappa shape index (κ3) is 5.01. The summed E-state index contributed by atoms with van der Waals surface area (Å²) in [5.41, 5.74) is 0.587. The molecule has 2 aromatic rings. The first-order chi connectivity index (χ1) is 16.8. The van der Waals surface area contributed by atoms with Gasteiger partial charge in [0.2, 0.25) is 0 Å². The molecule has 0 aromatic heterocycles. The van der Waals surface area contributed by atoms with E-state index in [0.29, 0.717) is 23.7 Å². The number of ketones is 1. The maximum absolute atomic E-state index is 13.2. The number of Topliss-reactive ketones (excluding diaryl/α,β-unsaturated/α-hetero) is 1. The Hall–Kier alpha value is -3.43. The van der Waals surface area contributed by atoms with Crippen LogP contribution in [-0.2, 0) is 14.3 Å². The maximum Gasteiger partial charge on any atom is 0.295 e. The van der Waals surface area contributed by atoms with Crippen molar-refractivity contribution >= 4 is 29.1 Å². The van der Waals surface area contributed by atoms with Crippen molar-refractivity contribution in [3.63, 3.8) is 0 Å². The molecule has 3 rings (SSSR count). The van der Waals surface area contributed by atoms with E-state index in [1.807, 2.05) is 6.92 Å². The highest BCUT2D eigenvalue weighted by atomic mass is 35.5. The first-order valence-electron chi connectivity index (χ1n) is 10.8. The van der Waals surface area contributed by atoms with E-state index in [9.17, 15) is 14.7 Å². The van der Waals surface area contributed by atoms with Crippen molar-refractivity contribution in [1.82, 2.24) is 4.90 Å². The van der Waals surface area contributed by atoms with E-state index in [1.54, 1.807) is 18.2 Å². The molecule has 1 heterocycles. The van der Waals surface area contributed by atoms with Gasteiger partial charge in [-0.15, -0.1) is 0 Å². The number of rotatable bonds is 10. The van der Waals surface area contributed by atoms with Gasteiger partial charge in [0, 0.05) is 19.7 Å². The average Bonchev–Trinajstić information content (AvgIpc) is 3.12. The minimum Gasteiger partial charge on any atom is -0.507 e. The van der Waals surface area contributed by atoms with Crippen LogP contribution in [0.3, 0.4) is 0 Å². The third-order valence-corrected chi connectivity index (χ3v) is 5.90. The standard InChI is InChI=1S/C25H28ClNO8/c1-6-35-17-8-7-14(11-20(17)34-5)22-21(24(29)25(30)27(22)9-10-31-2)23(28)15-12-19(33-4)16(26)13-18(15)32-3/h7-8,11-13,22,28H,6,9-10H2,1-5H3/b23-21+. The molecule has 1 saturated heterocycles. The number of aliphatic hydroxyl groups excluding tert-OH is 1. The lowest BCUT2D eigenvalue weighted by atomic mass is 9.94. The summed E-state index contributed by atoms with van der Waals surface area (Å²) < 4.78 is 26.8. The van der Waals surface area contributed by atoms with Gasteiger partial charge in [-0.3, -0.25) is 9.59 Å². The Morgan fingerprint density at radius 2 is 1.66 bits per heavy atom. The van der Waals surface area contributed by atoms with E-state index >= 15 is 0 Å². The monoisotopic (exact) mass is 505 g/mol. The maximum atomic E-state index is 13.2. The van der Waals surface area contributed by atoms with Gasteiger partial charge in [-0.1, -0.05) is 17.7 Å². The largest absolute Gasteiger partial charge is 0.507 e. The molecule has 1 unspecified atom stereocenters. The van der Waals surface area contributed by atoms with Crippen LogP contribution in [0.1, 0.15) is 24.1 Å². The fourth-order valence-corrected chi connectivity index (χ4v) is 4.20. The molecular formula is C25H28ClNO8. The minimum absolute atomic E-state index is 0.111. The lowest BCUT2D eigenvalue weighted by Crippen LogP contribution is -2.32. The Bertz CT molecular complexity index is 1150. The van der Waals surface area contributed by atoms with Gasteiger partial charge in [-0.05, 0) is 30.7 Å². The Morgan fingerprint density at radius 1 is 0.971 bits per heavy atom. The molecule has 10 heteroatoms. The number of carbonyl (C=O) groups excluding carboxylic acids is 2. The van der Waals surface area contributed by atoms with Crippen LogP contribution in [0.5, 0.6) is 23.0 Å². The summed E-state index contributed by atoms with van der Waals surface area (Å²) in [4.78, 5) is 27.6. The lowest BCUT2D eigenvalue weighted by Gasteiger charge is -2.26. The van der Waals surface area contributed by atoms with Gasteiger partial charge in [0.1, 0.15) is 17.3 Å². The van der Waals surface area contributed by atoms with E-state index in [-0.39, 0.29) is 40.8 Å². The van der Waals surface area contributed by atoms with E-state index in [1.165, 1.54) is 45.5 Å². The second-order valence-corrected chi connectivity index (χ2v) is 7.92. The number of likely N-dealkylation sites (tertiary alicyclic amines) is 1. The van der Waals surface area contributed by atoms with E-state index in [2.05, 4.69) is 0 Å². The molecule has 1 N–H and O–H groups in total. The molecule has 0 bridgehead atoms. The molecule has 0 spiro atoms. The number of benzene rings is 2. The molecule has 1 aliphatic rings. The number of ether oxygens (including phenoxy) is 5. The Morgan fingerprint density at radius 3 is 2.26 bits per heavy atom. The summed E-state index contributed by atoms with van der Waals surface area (Å²) in [5, 5.41) is 11.6. The summed E-state index contributed by atoms with van der Waals surface area (Å²) in [6.45, 7) is 2.59. The summed E-state index contributed by atoms with van der Waals surface area (Å²) in [5.74, 6) is -0.618. The number of amides is 1. The highest BCUT2D eigenvalue weighted by Gasteiger charge is 2.46. The van der Waals surface area contributed by atoms with Gasteiger partial charge in [-0.25, -0.2) is 0 Å². The van der Waals surface area contributed by atoms with Crippen molar-refractivity contribution < 1.29 is 38.4 Å². The molecule has 1 fully saturated rings. The summed E-state index contributed by atoms with van der Waals surface area (Å²) in [7, 11) is 5.82.